The molecule has 2 nitrogen and oxygen atoms in total. The molecule has 98 valence electrons. The highest BCUT2D eigenvalue weighted by atomic mass is 16.3. The molecule has 2 aliphatic rings. The van der Waals surface area contributed by atoms with Crippen LogP contribution in [0.4, 0.5) is 0 Å². The first kappa shape index (κ1) is 12.0. The van der Waals surface area contributed by atoms with Gasteiger partial charge in [-0.05, 0) is 55.0 Å². The Hall–Kier alpha value is -1.02. The Labute approximate surface area is 109 Å². The summed E-state index contributed by atoms with van der Waals surface area (Å²) in [5, 5.41) is 13.5. The highest BCUT2D eigenvalue weighted by Crippen LogP contribution is 2.50. The number of fused-ring (bicyclic) bond motifs is 4. The van der Waals surface area contributed by atoms with Crippen LogP contribution < -0.4 is 5.32 Å². The van der Waals surface area contributed by atoms with Crippen molar-refractivity contribution in [3.8, 4) is 5.75 Å². The molecule has 0 unspecified atom stereocenters. The highest BCUT2D eigenvalue weighted by molar-refractivity contribution is 5.44. The molecule has 1 saturated heterocycles. The van der Waals surface area contributed by atoms with E-state index in [1.807, 2.05) is 12.1 Å². The Morgan fingerprint density at radius 3 is 2.94 bits per heavy atom. The van der Waals surface area contributed by atoms with Crippen LogP contribution in [0.2, 0.25) is 0 Å². The number of benzene rings is 1. The van der Waals surface area contributed by atoms with E-state index in [4.69, 9.17) is 0 Å². The topological polar surface area (TPSA) is 32.3 Å². The van der Waals surface area contributed by atoms with Gasteiger partial charge in [0.05, 0.1) is 0 Å². The monoisotopic (exact) mass is 245 g/mol. The number of phenolic OH excluding ortho intramolecular Hbond substituents is 1. The van der Waals surface area contributed by atoms with Crippen LogP contribution in [0.1, 0.15) is 44.2 Å². The van der Waals surface area contributed by atoms with Crippen LogP contribution in [0, 0.1) is 5.92 Å². The Bertz CT molecular complexity index is 456. The Morgan fingerprint density at radius 1 is 1.39 bits per heavy atom. The minimum absolute atomic E-state index is 0.289. The number of aromatic hydroxyl groups is 1. The highest BCUT2D eigenvalue weighted by Gasteiger charge is 2.48. The van der Waals surface area contributed by atoms with Gasteiger partial charge in [-0.3, -0.25) is 0 Å². The smallest absolute Gasteiger partial charge is 0.115 e. The van der Waals surface area contributed by atoms with E-state index in [0.717, 1.165) is 13.0 Å². The first-order valence-corrected chi connectivity index (χ1v) is 7.27. The third-order valence-corrected chi connectivity index (χ3v) is 5.31. The van der Waals surface area contributed by atoms with E-state index >= 15 is 0 Å². The van der Waals surface area contributed by atoms with Crippen molar-refractivity contribution in [1.82, 2.24) is 5.32 Å². The maximum Gasteiger partial charge on any atom is 0.115 e. The number of nitrogens with one attached hydrogen (secondary N) is 1. The number of rotatable bonds is 2. The zero-order valence-electron chi connectivity index (χ0n) is 11.4. The predicted octanol–water partition coefficient (Wildman–Crippen LogP) is 2.98. The molecule has 18 heavy (non-hydrogen) atoms. The lowest BCUT2D eigenvalue weighted by atomic mass is 9.56. The second-order valence-corrected chi connectivity index (χ2v) is 5.88. The van der Waals surface area contributed by atoms with Crippen LogP contribution >= 0.6 is 0 Å². The minimum Gasteiger partial charge on any atom is -0.508 e. The van der Waals surface area contributed by atoms with Crippen molar-refractivity contribution in [2.24, 2.45) is 5.92 Å². The molecule has 0 aromatic heterocycles. The van der Waals surface area contributed by atoms with Crippen LogP contribution in [-0.4, -0.2) is 17.7 Å². The van der Waals surface area contributed by atoms with Gasteiger partial charge in [0.25, 0.3) is 0 Å². The molecule has 3 atom stereocenters. The normalized spacial score (nSPS) is 34.1. The van der Waals surface area contributed by atoms with E-state index in [-0.39, 0.29) is 5.41 Å². The largest absolute Gasteiger partial charge is 0.508 e. The maximum absolute atomic E-state index is 9.84. The summed E-state index contributed by atoms with van der Waals surface area (Å²) >= 11 is 0. The Kier molecular flexibility index (Phi) is 2.86. The molecule has 1 aromatic rings. The third kappa shape index (κ3) is 1.51. The van der Waals surface area contributed by atoms with E-state index in [1.54, 1.807) is 0 Å². The van der Waals surface area contributed by atoms with Crippen molar-refractivity contribution in [3.05, 3.63) is 29.3 Å². The van der Waals surface area contributed by atoms with Crippen LogP contribution in [0.3, 0.4) is 0 Å². The average Bonchev–Trinajstić information content (AvgIpc) is 2.39. The van der Waals surface area contributed by atoms with Crippen LogP contribution in [0.5, 0.6) is 5.75 Å². The molecular formula is C16H23NO. The number of piperidine rings is 1. The first-order valence-electron chi connectivity index (χ1n) is 7.27. The molecule has 2 N–H and O–H groups in total. The molecule has 0 saturated carbocycles. The molecule has 0 radical (unpaired) electrons. The van der Waals surface area contributed by atoms with Crippen molar-refractivity contribution >= 4 is 0 Å². The summed E-state index contributed by atoms with van der Waals surface area (Å²) in [6, 6.07) is 6.62. The van der Waals surface area contributed by atoms with E-state index in [1.165, 1.54) is 30.4 Å². The lowest BCUT2D eigenvalue weighted by Crippen LogP contribution is -2.58. The standard InChI is InChI=1S/C16H23NO/c1-3-13-15-9-11-5-6-12(18)10-14(11)16(13,4-2)7-8-17-15/h5-6,10,13,15,17-18H,3-4,7-9H2,1-2H3/t13-,15+,16-/m1/s1. The fourth-order valence-electron chi connectivity index (χ4n) is 4.49. The summed E-state index contributed by atoms with van der Waals surface area (Å²) in [5.41, 5.74) is 3.16. The van der Waals surface area contributed by atoms with Gasteiger partial charge in [0.1, 0.15) is 5.75 Å². The molecule has 2 heteroatoms. The zero-order chi connectivity index (χ0) is 12.8. The van der Waals surface area contributed by atoms with Gasteiger partial charge in [0.2, 0.25) is 0 Å². The van der Waals surface area contributed by atoms with Gasteiger partial charge in [-0.2, -0.15) is 0 Å². The van der Waals surface area contributed by atoms with Gasteiger partial charge < -0.3 is 10.4 Å². The molecule has 0 amide bonds. The summed E-state index contributed by atoms with van der Waals surface area (Å²) in [6.45, 7) is 5.73. The van der Waals surface area contributed by atoms with E-state index in [2.05, 4.69) is 25.2 Å². The molecule has 1 aliphatic carbocycles. The second-order valence-electron chi connectivity index (χ2n) is 5.88. The predicted molar refractivity (Wildman–Crippen MR) is 74.0 cm³/mol. The van der Waals surface area contributed by atoms with Crippen LogP contribution in [0.15, 0.2) is 18.2 Å². The van der Waals surface area contributed by atoms with Crippen molar-refractivity contribution in [3.63, 3.8) is 0 Å². The third-order valence-electron chi connectivity index (χ3n) is 5.31. The summed E-state index contributed by atoms with van der Waals surface area (Å²) in [5.74, 6) is 1.14. The number of phenols is 1. The van der Waals surface area contributed by atoms with Crippen LogP contribution in [-0.2, 0) is 11.8 Å². The molecule has 1 aliphatic heterocycles. The van der Waals surface area contributed by atoms with Gasteiger partial charge in [-0.1, -0.05) is 26.3 Å². The summed E-state index contributed by atoms with van der Waals surface area (Å²) < 4.78 is 0. The molecule has 1 aromatic carbocycles. The van der Waals surface area contributed by atoms with E-state index in [9.17, 15) is 5.11 Å². The summed E-state index contributed by atoms with van der Waals surface area (Å²) in [4.78, 5) is 0. The van der Waals surface area contributed by atoms with Crippen molar-refractivity contribution in [2.45, 2.75) is 51.0 Å². The van der Waals surface area contributed by atoms with E-state index in [0.29, 0.717) is 17.7 Å². The average molecular weight is 245 g/mol. The van der Waals surface area contributed by atoms with E-state index < -0.39 is 0 Å². The first-order chi connectivity index (χ1) is 8.71. The van der Waals surface area contributed by atoms with Gasteiger partial charge in [0.15, 0.2) is 0 Å². The van der Waals surface area contributed by atoms with Crippen molar-refractivity contribution in [2.75, 3.05) is 6.54 Å². The number of hydrogen-bond acceptors (Lipinski definition) is 2. The lowest BCUT2D eigenvalue weighted by Gasteiger charge is -2.53. The maximum atomic E-state index is 9.84. The summed E-state index contributed by atoms with van der Waals surface area (Å²) in [6.07, 6.45) is 4.73. The minimum atomic E-state index is 0.289. The molecule has 3 rings (SSSR count). The van der Waals surface area contributed by atoms with Gasteiger partial charge in [-0.15, -0.1) is 0 Å². The zero-order valence-corrected chi connectivity index (χ0v) is 11.4. The molecule has 1 heterocycles. The molecule has 0 spiro atoms. The SMILES string of the molecule is CC[C@@H]1[C@@H]2Cc3ccc(O)cc3[C@]1(CC)CCN2. The van der Waals surface area contributed by atoms with Gasteiger partial charge >= 0.3 is 0 Å². The quantitative estimate of drug-likeness (QED) is 0.839. The Morgan fingerprint density at radius 2 is 2.22 bits per heavy atom. The number of hydrogen-bond donors (Lipinski definition) is 2. The summed E-state index contributed by atoms with van der Waals surface area (Å²) in [7, 11) is 0. The molecule has 2 bridgehead atoms. The van der Waals surface area contributed by atoms with Gasteiger partial charge in [0, 0.05) is 11.5 Å². The fraction of sp³-hybridized carbons (Fsp3) is 0.625. The second kappa shape index (κ2) is 4.27. The molecular weight excluding hydrogens is 222 g/mol. The van der Waals surface area contributed by atoms with Crippen molar-refractivity contribution < 1.29 is 5.11 Å². The Balaban J connectivity index is 2.18. The van der Waals surface area contributed by atoms with Crippen LogP contribution in [0.25, 0.3) is 0 Å². The van der Waals surface area contributed by atoms with Crippen molar-refractivity contribution in [1.29, 1.82) is 0 Å². The van der Waals surface area contributed by atoms with Gasteiger partial charge in [-0.25, -0.2) is 0 Å². The molecule has 1 fully saturated rings. The lowest BCUT2D eigenvalue weighted by molar-refractivity contribution is 0.117. The fourth-order valence-corrected chi connectivity index (χ4v) is 4.49.